The van der Waals surface area contributed by atoms with E-state index in [1.165, 1.54) is 25.7 Å². The summed E-state index contributed by atoms with van der Waals surface area (Å²) in [7, 11) is 0. The van der Waals surface area contributed by atoms with E-state index in [-0.39, 0.29) is 0 Å². The molecule has 176 valence electrons. The highest BCUT2D eigenvalue weighted by atomic mass is 35.5. The van der Waals surface area contributed by atoms with Crippen molar-refractivity contribution in [1.29, 1.82) is 0 Å². The van der Waals surface area contributed by atoms with Gasteiger partial charge >= 0.3 is 0 Å². The van der Waals surface area contributed by atoms with Crippen molar-refractivity contribution in [2.75, 3.05) is 0 Å². The SMILES string of the molecule is CCc1c(-c2nnc(C3CCCCCC3)o2)nn(-c2ccc(Cl)cc2Cl)c1-c1ccc(Cl)cc1. The average Bonchev–Trinajstić information content (AvgIpc) is 3.36. The molecule has 0 saturated heterocycles. The standard InChI is InChI=1S/C26H25Cl3N4O/c1-2-20-23(26-31-30-25(34-26)17-7-5-3-4-6-8-17)32-33(22-14-13-19(28)15-21(22)29)24(20)16-9-11-18(27)12-10-16/h9-15,17H,2-8H2,1H3. The third-order valence-corrected chi connectivity index (χ3v) is 7.23. The summed E-state index contributed by atoms with van der Waals surface area (Å²) in [5.74, 6) is 1.47. The van der Waals surface area contributed by atoms with Crippen LogP contribution in [-0.4, -0.2) is 20.0 Å². The molecule has 2 aromatic heterocycles. The summed E-state index contributed by atoms with van der Waals surface area (Å²) in [6.07, 6.45) is 7.85. The minimum atomic E-state index is 0.317. The fourth-order valence-electron chi connectivity index (χ4n) is 4.71. The van der Waals surface area contributed by atoms with Crippen molar-refractivity contribution in [1.82, 2.24) is 20.0 Å². The van der Waals surface area contributed by atoms with Gasteiger partial charge in [0.15, 0.2) is 5.69 Å². The second-order valence-corrected chi connectivity index (χ2v) is 9.96. The van der Waals surface area contributed by atoms with E-state index in [9.17, 15) is 0 Å². The third-order valence-electron chi connectivity index (χ3n) is 6.44. The van der Waals surface area contributed by atoms with E-state index in [0.717, 1.165) is 41.8 Å². The Labute approximate surface area is 214 Å². The monoisotopic (exact) mass is 514 g/mol. The van der Waals surface area contributed by atoms with E-state index in [1.807, 2.05) is 35.0 Å². The number of nitrogens with zero attached hydrogens (tertiary/aromatic N) is 4. The van der Waals surface area contributed by atoms with Gasteiger partial charge in [0, 0.05) is 27.1 Å². The molecule has 1 aliphatic carbocycles. The molecule has 8 heteroatoms. The molecule has 0 radical (unpaired) electrons. The molecule has 0 unspecified atom stereocenters. The van der Waals surface area contributed by atoms with E-state index >= 15 is 0 Å². The molecular formula is C26H25Cl3N4O. The topological polar surface area (TPSA) is 56.7 Å². The molecule has 1 fully saturated rings. The minimum absolute atomic E-state index is 0.317. The molecule has 0 N–H and O–H groups in total. The van der Waals surface area contributed by atoms with Gasteiger partial charge in [0.25, 0.3) is 5.89 Å². The van der Waals surface area contributed by atoms with Crippen molar-refractivity contribution >= 4 is 34.8 Å². The first-order chi connectivity index (χ1) is 16.5. The van der Waals surface area contributed by atoms with E-state index in [4.69, 9.17) is 44.3 Å². The van der Waals surface area contributed by atoms with Crippen LogP contribution in [0.15, 0.2) is 46.9 Å². The molecule has 2 heterocycles. The number of hydrogen-bond donors (Lipinski definition) is 0. The van der Waals surface area contributed by atoms with Crippen LogP contribution in [-0.2, 0) is 6.42 Å². The van der Waals surface area contributed by atoms with Crippen LogP contribution in [0.1, 0.15) is 62.8 Å². The second-order valence-electron chi connectivity index (χ2n) is 8.68. The fourth-order valence-corrected chi connectivity index (χ4v) is 5.32. The number of hydrogen-bond acceptors (Lipinski definition) is 4. The van der Waals surface area contributed by atoms with Gasteiger partial charge < -0.3 is 4.42 Å². The Bertz CT molecular complexity index is 1290. The van der Waals surface area contributed by atoms with Crippen molar-refractivity contribution in [2.24, 2.45) is 0 Å². The van der Waals surface area contributed by atoms with Gasteiger partial charge in [-0.1, -0.05) is 79.5 Å². The van der Waals surface area contributed by atoms with Crippen molar-refractivity contribution < 1.29 is 4.42 Å². The van der Waals surface area contributed by atoms with Crippen molar-refractivity contribution in [3.8, 4) is 28.5 Å². The van der Waals surface area contributed by atoms with Gasteiger partial charge in [0.1, 0.15) is 0 Å². The van der Waals surface area contributed by atoms with Crippen molar-refractivity contribution in [2.45, 2.75) is 57.8 Å². The summed E-state index contributed by atoms with van der Waals surface area (Å²) in [4.78, 5) is 0. The van der Waals surface area contributed by atoms with E-state index < -0.39 is 0 Å². The van der Waals surface area contributed by atoms with Gasteiger partial charge in [0.05, 0.1) is 16.4 Å². The van der Waals surface area contributed by atoms with Crippen LogP contribution in [0.5, 0.6) is 0 Å². The lowest BCUT2D eigenvalue weighted by atomic mass is 10.0. The number of rotatable bonds is 5. The maximum Gasteiger partial charge on any atom is 0.268 e. The minimum Gasteiger partial charge on any atom is -0.419 e. The smallest absolute Gasteiger partial charge is 0.268 e. The van der Waals surface area contributed by atoms with Crippen molar-refractivity contribution in [3.05, 3.63) is 69.0 Å². The summed E-state index contributed by atoms with van der Waals surface area (Å²) in [6, 6.07) is 13.1. The Morgan fingerprint density at radius 3 is 2.29 bits per heavy atom. The van der Waals surface area contributed by atoms with Crippen LogP contribution in [0.25, 0.3) is 28.5 Å². The normalized spacial score (nSPS) is 14.9. The number of halogens is 3. The first-order valence-corrected chi connectivity index (χ1v) is 12.9. The fraction of sp³-hybridized carbons (Fsp3) is 0.346. The first kappa shape index (κ1) is 23.4. The summed E-state index contributed by atoms with van der Waals surface area (Å²) < 4.78 is 8.08. The van der Waals surface area contributed by atoms with Crippen LogP contribution >= 0.6 is 34.8 Å². The van der Waals surface area contributed by atoms with Crippen LogP contribution in [0.2, 0.25) is 15.1 Å². The highest BCUT2D eigenvalue weighted by molar-refractivity contribution is 6.35. The lowest BCUT2D eigenvalue weighted by molar-refractivity contribution is 0.425. The number of aromatic nitrogens is 4. The molecule has 5 rings (SSSR count). The zero-order valence-electron chi connectivity index (χ0n) is 18.9. The second kappa shape index (κ2) is 10.1. The molecule has 0 aliphatic heterocycles. The largest absolute Gasteiger partial charge is 0.419 e. The van der Waals surface area contributed by atoms with Gasteiger partial charge in [0.2, 0.25) is 5.89 Å². The Morgan fingerprint density at radius 1 is 0.912 bits per heavy atom. The maximum atomic E-state index is 6.60. The molecule has 5 nitrogen and oxygen atoms in total. The Balaban J connectivity index is 1.66. The average molecular weight is 516 g/mol. The molecule has 0 atom stereocenters. The van der Waals surface area contributed by atoms with Crippen molar-refractivity contribution in [3.63, 3.8) is 0 Å². The lowest BCUT2D eigenvalue weighted by Gasteiger charge is -2.11. The van der Waals surface area contributed by atoms with Crippen LogP contribution in [0, 0.1) is 0 Å². The Morgan fingerprint density at radius 2 is 1.62 bits per heavy atom. The van der Waals surface area contributed by atoms with Crippen LogP contribution in [0.3, 0.4) is 0 Å². The summed E-state index contributed by atoms with van der Waals surface area (Å²) in [5.41, 5.74) is 4.28. The van der Waals surface area contributed by atoms with Gasteiger partial charge in [-0.2, -0.15) is 5.10 Å². The lowest BCUT2D eigenvalue weighted by Crippen LogP contribution is -2.01. The molecule has 0 bridgehead atoms. The molecule has 1 aliphatic rings. The van der Waals surface area contributed by atoms with Gasteiger partial charge in [-0.05, 0) is 49.6 Å². The quantitative estimate of drug-likeness (QED) is 0.250. The molecule has 1 saturated carbocycles. The van der Waals surface area contributed by atoms with Gasteiger partial charge in [-0.25, -0.2) is 4.68 Å². The van der Waals surface area contributed by atoms with E-state index in [0.29, 0.717) is 38.5 Å². The zero-order chi connectivity index (χ0) is 23.7. The summed E-state index contributed by atoms with van der Waals surface area (Å²) in [6.45, 7) is 2.09. The molecular weight excluding hydrogens is 491 g/mol. The first-order valence-electron chi connectivity index (χ1n) is 11.7. The summed E-state index contributed by atoms with van der Waals surface area (Å²) >= 11 is 18.9. The third kappa shape index (κ3) is 4.61. The van der Waals surface area contributed by atoms with Gasteiger partial charge in [-0.15, -0.1) is 10.2 Å². The van der Waals surface area contributed by atoms with Crippen LogP contribution < -0.4 is 0 Å². The maximum absolute atomic E-state index is 6.60. The molecule has 0 amide bonds. The number of benzene rings is 2. The van der Waals surface area contributed by atoms with E-state index in [2.05, 4.69) is 17.1 Å². The Hall–Kier alpha value is -2.34. The highest BCUT2D eigenvalue weighted by Crippen LogP contribution is 2.38. The van der Waals surface area contributed by atoms with Gasteiger partial charge in [-0.3, -0.25) is 0 Å². The molecule has 0 spiro atoms. The van der Waals surface area contributed by atoms with E-state index in [1.54, 1.807) is 12.1 Å². The molecule has 34 heavy (non-hydrogen) atoms. The summed E-state index contributed by atoms with van der Waals surface area (Å²) in [5, 5.41) is 15.5. The predicted octanol–water partition coefficient (Wildman–Crippen LogP) is 8.55. The predicted molar refractivity (Wildman–Crippen MR) is 137 cm³/mol. The molecule has 2 aromatic carbocycles. The Kier molecular flexibility index (Phi) is 6.96. The highest BCUT2D eigenvalue weighted by Gasteiger charge is 2.27. The molecule has 4 aromatic rings. The zero-order valence-corrected chi connectivity index (χ0v) is 21.2. The van der Waals surface area contributed by atoms with Crippen LogP contribution in [0.4, 0.5) is 0 Å².